The molecule has 76 valence electrons. The van der Waals surface area contributed by atoms with Crippen LogP contribution in [0.5, 0.6) is 0 Å². The lowest BCUT2D eigenvalue weighted by molar-refractivity contribution is -0.142. The molecule has 0 bridgehead atoms. The molecule has 13 heavy (non-hydrogen) atoms. The van der Waals surface area contributed by atoms with Crippen molar-refractivity contribution in [2.45, 2.75) is 26.0 Å². The number of carbonyl (C=O) groups is 1. The van der Waals surface area contributed by atoms with E-state index in [2.05, 4.69) is 6.58 Å². The Labute approximate surface area is 83.5 Å². The Morgan fingerprint density at radius 1 is 1.38 bits per heavy atom. The zero-order chi connectivity index (χ0) is 10.3. The highest BCUT2D eigenvalue weighted by molar-refractivity contribution is 8.04. The predicted molar refractivity (Wildman–Crippen MR) is 54.5 cm³/mol. The van der Waals surface area contributed by atoms with E-state index in [1.165, 1.54) is 11.8 Å². The van der Waals surface area contributed by atoms with E-state index >= 15 is 0 Å². The number of hydrogen-bond acceptors (Lipinski definition) is 4. The third-order valence-electron chi connectivity index (χ3n) is 1.23. The van der Waals surface area contributed by atoms with Gasteiger partial charge in [0.05, 0.1) is 13.2 Å². The molecular formula is C9H16O3S. The molecule has 1 atom stereocenters. The molecule has 0 fully saturated rings. The Balaban J connectivity index is 3.78. The molecule has 0 aliphatic rings. The number of hydrogen-bond donors (Lipinski definition) is 0. The Bertz CT molecular complexity index is 180. The van der Waals surface area contributed by atoms with Crippen LogP contribution in [0.4, 0.5) is 0 Å². The van der Waals surface area contributed by atoms with Crippen LogP contribution in [0, 0.1) is 0 Å². The van der Waals surface area contributed by atoms with E-state index in [1.807, 2.05) is 6.92 Å². The van der Waals surface area contributed by atoms with Gasteiger partial charge in [0.2, 0.25) is 0 Å². The zero-order valence-electron chi connectivity index (χ0n) is 8.33. The lowest BCUT2D eigenvalue weighted by Crippen LogP contribution is -2.17. The lowest BCUT2D eigenvalue weighted by atomic mass is 10.5. The van der Waals surface area contributed by atoms with Gasteiger partial charge in [0.1, 0.15) is 10.3 Å². The van der Waals surface area contributed by atoms with Crippen LogP contribution < -0.4 is 0 Å². The smallest absolute Gasteiger partial charge is 0.319 e. The molecule has 1 unspecified atom stereocenters. The summed E-state index contributed by atoms with van der Waals surface area (Å²) in [4.78, 5) is 11.1. The summed E-state index contributed by atoms with van der Waals surface area (Å²) >= 11 is 1.28. The number of ether oxygens (including phenoxy) is 2. The van der Waals surface area contributed by atoms with E-state index in [0.717, 1.165) is 0 Å². The Morgan fingerprint density at radius 2 is 1.92 bits per heavy atom. The zero-order valence-corrected chi connectivity index (χ0v) is 9.15. The van der Waals surface area contributed by atoms with Gasteiger partial charge in [-0.25, -0.2) is 0 Å². The molecule has 0 saturated carbocycles. The van der Waals surface area contributed by atoms with Gasteiger partial charge < -0.3 is 9.47 Å². The molecule has 4 heteroatoms. The first-order valence-electron chi connectivity index (χ1n) is 4.26. The summed E-state index contributed by atoms with van der Waals surface area (Å²) in [5, 5.41) is 0.307. The summed E-state index contributed by atoms with van der Waals surface area (Å²) in [6.07, 6.45) is 0. The fraction of sp³-hybridized carbons (Fsp3) is 0.667. The second-order valence-corrected chi connectivity index (χ2v) is 3.72. The third-order valence-corrected chi connectivity index (χ3v) is 2.16. The second-order valence-electron chi connectivity index (χ2n) is 2.32. The molecule has 0 N–H and O–H groups in total. The fourth-order valence-corrected chi connectivity index (χ4v) is 1.44. The van der Waals surface area contributed by atoms with E-state index in [0.29, 0.717) is 18.3 Å². The van der Waals surface area contributed by atoms with Crippen LogP contribution in [0.15, 0.2) is 11.7 Å². The maximum Gasteiger partial charge on any atom is 0.319 e. The predicted octanol–water partition coefficient (Wildman–Crippen LogP) is 2.18. The van der Waals surface area contributed by atoms with Crippen molar-refractivity contribution in [2.24, 2.45) is 0 Å². The highest BCUT2D eigenvalue weighted by Crippen LogP contribution is 2.21. The third kappa shape index (κ3) is 5.58. The number of carbonyl (C=O) groups excluding carboxylic acids is 1. The first kappa shape index (κ1) is 12.4. The average molecular weight is 204 g/mol. The van der Waals surface area contributed by atoms with Crippen molar-refractivity contribution in [3.05, 3.63) is 11.7 Å². The van der Waals surface area contributed by atoms with E-state index in [-0.39, 0.29) is 11.2 Å². The molecule has 0 aliphatic heterocycles. The Morgan fingerprint density at radius 3 is 2.38 bits per heavy atom. The fourth-order valence-electron chi connectivity index (χ4n) is 0.700. The minimum absolute atomic E-state index is 0.228. The van der Waals surface area contributed by atoms with Gasteiger partial charge in [-0.05, 0) is 27.4 Å². The van der Waals surface area contributed by atoms with E-state index < -0.39 is 0 Å². The van der Waals surface area contributed by atoms with Gasteiger partial charge >= 0.3 is 5.97 Å². The first-order valence-corrected chi connectivity index (χ1v) is 5.14. The number of rotatable bonds is 6. The molecule has 0 aromatic heterocycles. The molecule has 0 heterocycles. The summed E-state index contributed by atoms with van der Waals surface area (Å²) in [6.45, 7) is 10.1. The average Bonchev–Trinajstić information content (AvgIpc) is 2.05. The molecule has 0 radical (unpaired) electrons. The highest BCUT2D eigenvalue weighted by Gasteiger charge is 2.16. The summed E-state index contributed by atoms with van der Waals surface area (Å²) in [7, 11) is 0. The van der Waals surface area contributed by atoms with Crippen LogP contribution in [0.2, 0.25) is 0 Å². The standard InChI is InChI=1S/C9H16O3S/c1-5-11-8(4)13-7(3)9(10)12-6-2/h7H,4-6H2,1-3H3. The van der Waals surface area contributed by atoms with Crippen molar-refractivity contribution in [2.75, 3.05) is 13.2 Å². The largest absolute Gasteiger partial charge is 0.488 e. The molecule has 0 aliphatic carbocycles. The van der Waals surface area contributed by atoms with Gasteiger partial charge in [-0.3, -0.25) is 4.79 Å². The highest BCUT2D eigenvalue weighted by atomic mass is 32.2. The van der Waals surface area contributed by atoms with Crippen molar-refractivity contribution in [3.63, 3.8) is 0 Å². The topological polar surface area (TPSA) is 35.5 Å². The molecule has 0 aromatic rings. The van der Waals surface area contributed by atoms with Gasteiger partial charge in [0.25, 0.3) is 0 Å². The second kappa shape index (κ2) is 6.83. The van der Waals surface area contributed by atoms with Crippen LogP contribution in [0.3, 0.4) is 0 Å². The van der Waals surface area contributed by atoms with Crippen LogP contribution >= 0.6 is 11.8 Å². The van der Waals surface area contributed by atoms with Gasteiger partial charge in [-0.2, -0.15) is 0 Å². The molecule has 0 saturated heterocycles. The van der Waals surface area contributed by atoms with Gasteiger partial charge in [0, 0.05) is 0 Å². The van der Waals surface area contributed by atoms with Gasteiger partial charge in [-0.1, -0.05) is 11.8 Å². The van der Waals surface area contributed by atoms with Crippen molar-refractivity contribution >= 4 is 17.7 Å². The SMILES string of the molecule is C=C(OCC)SC(C)C(=O)OCC. The van der Waals surface area contributed by atoms with Crippen molar-refractivity contribution in [3.8, 4) is 0 Å². The van der Waals surface area contributed by atoms with Crippen LogP contribution in [-0.2, 0) is 14.3 Å². The van der Waals surface area contributed by atoms with Crippen LogP contribution in [-0.4, -0.2) is 24.4 Å². The summed E-state index contributed by atoms with van der Waals surface area (Å²) in [5.74, 6) is -0.228. The molecule has 0 amide bonds. The summed E-state index contributed by atoms with van der Waals surface area (Å²) in [5.41, 5.74) is 0. The quantitative estimate of drug-likeness (QED) is 0.490. The van der Waals surface area contributed by atoms with Gasteiger partial charge in [0.15, 0.2) is 0 Å². The Hall–Kier alpha value is -0.640. The van der Waals surface area contributed by atoms with Crippen molar-refractivity contribution in [1.29, 1.82) is 0 Å². The van der Waals surface area contributed by atoms with Crippen molar-refractivity contribution in [1.82, 2.24) is 0 Å². The monoisotopic (exact) mass is 204 g/mol. The van der Waals surface area contributed by atoms with Crippen molar-refractivity contribution < 1.29 is 14.3 Å². The number of thioether (sulfide) groups is 1. The van der Waals surface area contributed by atoms with Crippen LogP contribution in [0.25, 0.3) is 0 Å². The Kier molecular flexibility index (Phi) is 6.49. The van der Waals surface area contributed by atoms with E-state index in [9.17, 15) is 4.79 Å². The lowest BCUT2D eigenvalue weighted by Gasteiger charge is -2.11. The normalized spacial score (nSPS) is 11.9. The minimum Gasteiger partial charge on any atom is -0.488 e. The molecule has 0 rings (SSSR count). The van der Waals surface area contributed by atoms with E-state index in [1.54, 1.807) is 13.8 Å². The molecule has 0 spiro atoms. The number of esters is 1. The summed E-state index contributed by atoms with van der Waals surface area (Å²) in [6, 6.07) is 0. The summed E-state index contributed by atoms with van der Waals surface area (Å²) < 4.78 is 9.93. The maximum atomic E-state index is 11.1. The maximum absolute atomic E-state index is 11.1. The van der Waals surface area contributed by atoms with Gasteiger partial charge in [-0.15, -0.1) is 0 Å². The minimum atomic E-state index is -0.251. The molecule has 0 aromatic carbocycles. The van der Waals surface area contributed by atoms with E-state index in [4.69, 9.17) is 9.47 Å². The molecule has 3 nitrogen and oxygen atoms in total. The van der Waals surface area contributed by atoms with Crippen LogP contribution in [0.1, 0.15) is 20.8 Å². The molecular weight excluding hydrogens is 188 g/mol. The first-order chi connectivity index (χ1) is 6.11.